The summed E-state index contributed by atoms with van der Waals surface area (Å²) in [6.45, 7) is 4.52. The highest BCUT2D eigenvalue weighted by molar-refractivity contribution is 5.90. The zero-order chi connectivity index (χ0) is 23.1. The van der Waals surface area contributed by atoms with Crippen molar-refractivity contribution in [3.8, 4) is 11.8 Å². The van der Waals surface area contributed by atoms with Gasteiger partial charge in [0.1, 0.15) is 17.4 Å². The summed E-state index contributed by atoms with van der Waals surface area (Å²) in [5.41, 5.74) is 1.82. The second kappa shape index (κ2) is 8.99. The van der Waals surface area contributed by atoms with E-state index in [1.54, 1.807) is 0 Å². The van der Waals surface area contributed by atoms with E-state index >= 15 is 0 Å². The molecule has 1 aliphatic carbocycles. The molecule has 1 saturated carbocycles. The minimum Gasteiger partial charge on any atom is -0.489 e. The molecule has 5 nitrogen and oxygen atoms in total. The van der Waals surface area contributed by atoms with Gasteiger partial charge in [0, 0.05) is 23.5 Å². The summed E-state index contributed by atoms with van der Waals surface area (Å²) >= 11 is 0. The lowest BCUT2D eigenvalue weighted by atomic mass is 9.88. The zero-order valence-electron chi connectivity index (χ0n) is 19.7. The molecule has 2 heterocycles. The molecule has 3 aliphatic rings. The maximum atomic E-state index is 11.6. The van der Waals surface area contributed by atoms with Crippen LogP contribution < -0.4 is 4.74 Å². The van der Waals surface area contributed by atoms with E-state index in [2.05, 4.69) is 49.1 Å². The molecule has 3 unspecified atom stereocenters. The summed E-state index contributed by atoms with van der Waals surface area (Å²) in [7, 11) is 0. The van der Waals surface area contributed by atoms with Gasteiger partial charge in [-0.2, -0.15) is 5.26 Å². The maximum absolute atomic E-state index is 11.6. The Balaban J connectivity index is 1.42. The van der Waals surface area contributed by atoms with Gasteiger partial charge in [0.2, 0.25) is 0 Å². The molecule has 2 aliphatic heterocycles. The van der Waals surface area contributed by atoms with Gasteiger partial charge in [-0.1, -0.05) is 25.1 Å². The standard InChI is InChI=1S/C28H34N2O3/c1-17-3-10-24(11-4-17)33-27-12-7-19-5-6-20(15-25(19)26(27)16-29)18(2)30-22-8-9-23(30)14-21(13-22)28(31)32/h5-7,12,15,17-18,21-24H,3-4,8-11,13-14H2,1-2H3,(H,31,32). The van der Waals surface area contributed by atoms with E-state index in [4.69, 9.17) is 4.74 Å². The van der Waals surface area contributed by atoms with Gasteiger partial charge in [-0.3, -0.25) is 9.69 Å². The Morgan fingerprint density at radius 1 is 1.09 bits per heavy atom. The number of nitrogens with zero attached hydrogens (tertiary/aromatic N) is 2. The number of hydrogen-bond acceptors (Lipinski definition) is 4. The third kappa shape index (κ3) is 4.22. The molecule has 2 aromatic carbocycles. The van der Waals surface area contributed by atoms with Gasteiger partial charge in [-0.05, 0) is 87.3 Å². The molecular weight excluding hydrogens is 412 g/mol. The van der Waals surface area contributed by atoms with Crippen molar-refractivity contribution in [2.75, 3.05) is 0 Å². The number of nitriles is 1. The molecule has 2 aromatic rings. The highest BCUT2D eigenvalue weighted by Gasteiger charge is 2.45. The highest BCUT2D eigenvalue weighted by Crippen LogP contribution is 2.44. The molecule has 3 atom stereocenters. The van der Waals surface area contributed by atoms with Gasteiger partial charge >= 0.3 is 5.97 Å². The topological polar surface area (TPSA) is 73.6 Å². The summed E-state index contributed by atoms with van der Waals surface area (Å²) in [5.74, 6) is 0.604. The van der Waals surface area contributed by atoms with Crippen LogP contribution in [-0.4, -0.2) is 34.2 Å². The molecule has 2 bridgehead atoms. The van der Waals surface area contributed by atoms with Crippen LogP contribution in [0, 0.1) is 23.2 Å². The first-order valence-electron chi connectivity index (χ1n) is 12.6. The summed E-state index contributed by atoms with van der Waals surface area (Å²) in [6, 6.07) is 13.7. The van der Waals surface area contributed by atoms with Crippen molar-refractivity contribution in [2.45, 2.75) is 89.4 Å². The normalized spacial score (nSPS) is 30.6. The Morgan fingerprint density at radius 3 is 2.39 bits per heavy atom. The predicted molar refractivity (Wildman–Crippen MR) is 128 cm³/mol. The first-order chi connectivity index (χ1) is 15.9. The number of ether oxygens (including phenoxy) is 1. The third-order valence-electron chi connectivity index (χ3n) is 8.44. The molecular formula is C28H34N2O3. The number of rotatable bonds is 5. The van der Waals surface area contributed by atoms with Crippen LogP contribution in [-0.2, 0) is 4.79 Å². The summed E-state index contributed by atoms with van der Waals surface area (Å²) < 4.78 is 6.34. The second-order valence-corrected chi connectivity index (χ2v) is 10.5. The van der Waals surface area contributed by atoms with Crippen molar-refractivity contribution < 1.29 is 14.6 Å². The van der Waals surface area contributed by atoms with Gasteiger partial charge < -0.3 is 9.84 Å². The zero-order valence-corrected chi connectivity index (χ0v) is 19.7. The molecule has 0 amide bonds. The Morgan fingerprint density at radius 2 is 1.76 bits per heavy atom. The van der Waals surface area contributed by atoms with Gasteiger partial charge in [-0.25, -0.2) is 0 Å². The van der Waals surface area contributed by atoms with Crippen LogP contribution in [0.4, 0.5) is 0 Å². The van der Waals surface area contributed by atoms with E-state index in [0.29, 0.717) is 23.4 Å². The van der Waals surface area contributed by atoms with E-state index in [9.17, 15) is 15.2 Å². The van der Waals surface area contributed by atoms with Crippen LogP contribution in [0.25, 0.3) is 10.8 Å². The fourth-order valence-electron chi connectivity index (χ4n) is 6.54. The van der Waals surface area contributed by atoms with Gasteiger partial charge in [0.05, 0.1) is 12.0 Å². The van der Waals surface area contributed by atoms with E-state index in [1.165, 1.54) is 18.4 Å². The second-order valence-electron chi connectivity index (χ2n) is 10.5. The Kier molecular flexibility index (Phi) is 6.05. The van der Waals surface area contributed by atoms with Crippen molar-refractivity contribution in [1.82, 2.24) is 4.90 Å². The number of carboxylic acid groups (broad SMARTS) is 1. The van der Waals surface area contributed by atoms with Crippen molar-refractivity contribution >= 4 is 16.7 Å². The Hall–Kier alpha value is -2.58. The lowest BCUT2D eigenvalue weighted by molar-refractivity contribution is -0.144. The van der Waals surface area contributed by atoms with Crippen LogP contribution in [0.1, 0.15) is 82.4 Å². The van der Waals surface area contributed by atoms with Crippen LogP contribution >= 0.6 is 0 Å². The van der Waals surface area contributed by atoms with E-state index in [-0.39, 0.29) is 18.1 Å². The molecule has 0 radical (unpaired) electrons. The number of benzene rings is 2. The summed E-state index contributed by atoms with van der Waals surface area (Å²) in [4.78, 5) is 14.1. The minimum absolute atomic E-state index is 0.192. The fraction of sp³-hybridized carbons (Fsp3) is 0.571. The van der Waals surface area contributed by atoms with E-state index < -0.39 is 5.97 Å². The summed E-state index contributed by atoms with van der Waals surface area (Å²) in [5, 5.41) is 21.6. The summed E-state index contributed by atoms with van der Waals surface area (Å²) in [6.07, 6.45) is 8.30. The SMILES string of the molecule is CC1CCC(Oc2ccc3ccc(C(C)N4C5CCC4CC(C(=O)O)C5)cc3c2C#N)CC1. The van der Waals surface area contributed by atoms with Crippen molar-refractivity contribution in [3.63, 3.8) is 0 Å². The number of carboxylic acids is 1. The minimum atomic E-state index is -0.650. The molecule has 174 valence electrons. The molecule has 0 spiro atoms. The van der Waals surface area contributed by atoms with E-state index in [0.717, 1.165) is 55.2 Å². The highest BCUT2D eigenvalue weighted by atomic mass is 16.5. The maximum Gasteiger partial charge on any atom is 0.306 e. The van der Waals surface area contributed by atoms with Gasteiger partial charge in [0.15, 0.2) is 0 Å². The molecule has 33 heavy (non-hydrogen) atoms. The van der Waals surface area contributed by atoms with Crippen molar-refractivity contribution in [3.05, 3.63) is 41.5 Å². The van der Waals surface area contributed by atoms with Crippen LogP contribution in [0.3, 0.4) is 0 Å². The smallest absolute Gasteiger partial charge is 0.306 e. The monoisotopic (exact) mass is 446 g/mol. The number of carbonyl (C=O) groups is 1. The number of fused-ring (bicyclic) bond motifs is 3. The quantitative estimate of drug-likeness (QED) is 0.604. The lowest BCUT2D eigenvalue weighted by Crippen LogP contribution is -2.45. The molecule has 0 aromatic heterocycles. The van der Waals surface area contributed by atoms with Gasteiger partial charge in [0.25, 0.3) is 0 Å². The first-order valence-corrected chi connectivity index (χ1v) is 12.6. The average Bonchev–Trinajstić information content (AvgIpc) is 3.08. The Labute approximate surface area is 196 Å². The molecule has 5 heteroatoms. The molecule has 1 N–H and O–H groups in total. The molecule has 5 rings (SSSR count). The van der Waals surface area contributed by atoms with Crippen LogP contribution in [0.2, 0.25) is 0 Å². The first kappa shape index (κ1) is 22.2. The molecule has 2 saturated heterocycles. The largest absolute Gasteiger partial charge is 0.489 e. The van der Waals surface area contributed by atoms with Crippen LogP contribution in [0.5, 0.6) is 5.75 Å². The third-order valence-corrected chi connectivity index (χ3v) is 8.44. The van der Waals surface area contributed by atoms with Crippen LogP contribution in [0.15, 0.2) is 30.3 Å². The van der Waals surface area contributed by atoms with Gasteiger partial charge in [-0.15, -0.1) is 0 Å². The lowest BCUT2D eigenvalue weighted by Gasteiger charge is -2.41. The fourth-order valence-corrected chi connectivity index (χ4v) is 6.54. The Bertz CT molecular complexity index is 1070. The average molecular weight is 447 g/mol. The van der Waals surface area contributed by atoms with Crippen molar-refractivity contribution in [2.24, 2.45) is 11.8 Å². The number of piperidine rings is 1. The predicted octanol–water partition coefficient (Wildman–Crippen LogP) is 6.06. The van der Waals surface area contributed by atoms with Crippen molar-refractivity contribution in [1.29, 1.82) is 5.26 Å². The molecule has 3 fully saturated rings. The number of aliphatic carboxylic acids is 1. The number of hydrogen-bond donors (Lipinski definition) is 1. The van der Waals surface area contributed by atoms with E-state index in [1.807, 2.05) is 6.07 Å².